The predicted octanol–water partition coefficient (Wildman–Crippen LogP) is 6.65. The summed E-state index contributed by atoms with van der Waals surface area (Å²) in [5.74, 6) is 0.983. The van der Waals surface area contributed by atoms with Gasteiger partial charge in [0.2, 0.25) is 5.88 Å². The van der Waals surface area contributed by atoms with Gasteiger partial charge in [-0.2, -0.15) is 0 Å². The van der Waals surface area contributed by atoms with Crippen LogP contribution in [0.5, 0.6) is 11.6 Å². The van der Waals surface area contributed by atoms with Gasteiger partial charge in [0.15, 0.2) is 12.0 Å². The Balaban J connectivity index is 2.26. The van der Waals surface area contributed by atoms with Crippen LogP contribution in [0.3, 0.4) is 0 Å². The van der Waals surface area contributed by atoms with Gasteiger partial charge in [0.05, 0.1) is 11.3 Å². The van der Waals surface area contributed by atoms with Crippen LogP contribution in [0.1, 0.15) is 39.5 Å². The molecule has 0 spiro atoms. The maximum Gasteiger partial charge on any atom is 0.229 e. The van der Waals surface area contributed by atoms with Crippen molar-refractivity contribution in [3.05, 3.63) is 68.8 Å². The molecule has 0 amide bonds. The third-order valence-electron chi connectivity index (χ3n) is 5.19. The molecule has 0 unspecified atom stereocenters. The number of benzene rings is 2. The fourth-order valence-electron chi connectivity index (χ4n) is 3.73. The SMILES string of the molecule is CCc1c(C)c(NC)c(Oc2ncc(Br)cc2C=O)c(C)c1-c1ccc(C)cc1. The fraction of sp³-hybridized carbons (Fsp3) is 0.250. The van der Waals surface area contributed by atoms with Gasteiger partial charge < -0.3 is 10.1 Å². The van der Waals surface area contributed by atoms with Crippen LogP contribution in [0.15, 0.2) is 41.0 Å². The summed E-state index contributed by atoms with van der Waals surface area (Å²) in [6.07, 6.45) is 3.29. The zero-order valence-corrected chi connectivity index (χ0v) is 19.0. The highest BCUT2D eigenvalue weighted by Gasteiger charge is 2.22. The van der Waals surface area contributed by atoms with Crippen LogP contribution in [0.2, 0.25) is 0 Å². The Kier molecular flexibility index (Phi) is 6.38. The van der Waals surface area contributed by atoms with Crippen molar-refractivity contribution >= 4 is 27.9 Å². The molecule has 0 atom stereocenters. The molecule has 0 bridgehead atoms. The summed E-state index contributed by atoms with van der Waals surface area (Å²) in [4.78, 5) is 15.9. The summed E-state index contributed by atoms with van der Waals surface area (Å²) in [5, 5.41) is 3.29. The molecule has 150 valence electrons. The summed E-state index contributed by atoms with van der Waals surface area (Å²) < 4.78 is 6.98. The maximum absolute atomic E-state index is 11.5. The van der Waals surface area contributed by atoms with Gasteiger partial charge in [-0.3, -0.25) is 4.79 Å². The van der Waals surface area contributed by atoms with Crippen molar-refractivity contribution < 1.29 is 9.53 Å². The number of anilines is 1. The first-order valence-electron chi connectivity index (χ1n) is 9.60. The van der Waals surface area contributed by atoms with E-state index in [4.69, 9.17) is 4.74 Å². The lowest BCUT2D eigenvalue weighted by atomic mass is 9.88. The van der Waals surface area contributed by atoms with E-state index in [9.17, 15) is 4.79 Å². The van der Waals surface area contributed by atoms with Crippen molar-refractivity contribution in [1.82, 2.24) is 4.98 Å². The minimum absolute atomic E-state index is 0.293. The van der Waals surface area contributed by atoms with Crippen LogP contribution in [0.4, 0.5) is 5.69 Å². The van der Waals surface area contributed by atoms with E-state index >= 15 is 0 Å². The molecule has 3 aromatic rings. The zero-order chi connectivity index (χ0) is 21.1. The number of aromatic nitrogens is 1. The molecule has 1 aromatic heterocycles. The van der Waals surface area contributed by atoms with E-state index in [0.29, 0.717) is 17.2 Å². The molecule has 0 saturated carbocycles. The quantitative estimate of drug-likeness (QED) is 0.425. The molecule has 0 aliphatic heterocycles. The van der Waals surface area contributed by atoms with Crippen LogP contribution >= 0.6 is 15.9 Å². The van der Waals surface area contributed by atoms with E-state index in [1.165, 1.54) is 16.7 Å². The van der Waals surface area contributed by atoms with Gasteiger partial charge in [-0.15, -0.1) is 0 Å². The van der Waals surface area contributed by atoms with Crippen molar-refractivity contribution in [2.45, 2.75) is 34.1 Å². The number of hydrogen-bond donors (Lipinski definition) is 1. The lowest BCUT2D eigenvalue weighted by Gasteiger charge is -2.23. The normalized spacial score (nSPS) is 10.7. The molecule has 4 nitrogen and oxygen atoms in total. The molecular weight excluding hydrogens is 428 g/mol. The second-order valence-electron chi connectivity index (χ2n) is 7.05. The average Bonchev–Trinajstić information content (AvgIpc) is 2.72. The van der Waals surface area contributed by atoms with Gasteiger partial charge in [-0.05, 0) is 71.4 Å². The third-order valence-corrected chi connectivity index (χ3v) is 5.62. The van der Waals surface area contributed by atoms with Gasteiger partial charge in [-0.1, -0.05) is 36.8 Å². The molecule has 5 heteroatoms. The lowest BCUT2D eigenvalue weighted by molar-refractivity contribution is 0.112. The van der Waals surface area contributed by atoms with Gasteiger partial charge >= 0.3 is 0 Å². The van der Waals surface area contributed by atoms with E-state index < -0.39 is 0 Å². The van der Waals surface area contributed by atoms with E-state index in [1.54, 1.807) is 12.3 Å². The highest BCUT2D eigenvalue weighted by molar-refractivity contribution is 9.10. The van der Waals surface area contributed by atoms with E-state index in [0.717, 1.165) is 39.6 Å². The molecule has 29 heavy (non-hydrogen) atoms. The molecule has 0 aliphatic rings. The van der Waals surface area contributed by atoms with Crippen molar-refractivity contribution in [2.75, 3.05) is 12.4 Å². The zero-order valence-electron chi connectivity index (χ0n) is 17.4. The Bertz CT molecular complexity index is 1060. The summed E-state index contributed by atoms with van der Waals surface area (Å²) in [6, 6.07) is 10.2. The highest BCUT2D eigenvalue weighted by atomic mass is 79.9. The van der Waals surface area contributed by atoms with Crippen LogP contribution in [0, 0.1) is 20.8 Å². The molecule has 2 aromatic carbocycles. The molecule has 0 aliphatic carbocycles. The summed E-state index contributed by atoms with van der Waals surface area (Å²) in [5.41, 5.74) is 8.29. The number of carbonyl (C=O) groups is 1. The first kappa shape index (κ1) is 21.1. The van der Waals surface area contributed by atoms with Crippen LogP contribution in [-0.4, -0.2) is 18.3 Å². The van der Waals surface area contributed by atoms with Crippen molar-refractivity contribution in [3.8, 4) is 22.8 Å². The Morgan fingerprint density at radius 2 is 1.83 bits per heavy atom. The number of hydrogen-bond acceptors (Lipinski definition) is 4. The number of rotatable bonds is 6. The first-order chi connectivity index (χ1) is 13.9. The number of halogens is 1. The van der Waals surface area contributed by atoms with Crippen LogP contribution in [-0.2, 0) is 6.42 Å². The Hall–Kier alpha value is -2.66. The van der Waals surface area contributed by atoms with Gasteiger partial charge in [-0.25, -0.2) is 4.98 Å². The topological polar surface area (TPSA) is 51.2 Å². The molecule has 0 saturated heterocycles. The monoisotopic (exact) mass is 452 g/mol. The lowest BCUT2D eigenvalue weighted by Crippen LogP contribution is -2.06. The molecule has 1 N–H and O–H groups in total. The highest BCUT2D eigenvalue weighted by Crippen LogP contribution is 2.44. The second-order valence-corrected chi connectivity index (χ2v) is 7.96. The van der Waals surface area contributed by atoms with E-state index in [1.807, 2.05) is 7.05 Å². The number of pyridine rings is 1. The van der Waals surface area contributed by atoms with Crippen molar-refractivity contribution in [3.63, 3.8) is 0 Å². The predicted molar refractivity (Wildman–Crippen MR) is 122 cm³/mol. The van der Waals surface area contributed by atoms with E-state index in [2.05, 4.69) is 78.2 Å². The number of nitrogens with zero attached hydrogens (tertiary/aromatic N) is 1. The van der Waals surface area contributed by atoms with Crippen LogP contribution < -0.4 is 10.1 Å². The van der Waals surface area contributed by atoms with E-state index in [-0.39, 0.29) is 0 Å². The van der Waals surface area contributed by atoms with Gasteiger partial charge in [0.25, 0.3) is 0 Å². The van der Waals surface area contributed by atoms with Crippen molar-refractivity contribution in [1.29, 1.82) is 0 Å². The molecule has 1 heterocycles. The Morgan fingerprint density at radius 1 is 1.14 bits per heavy atom. The minimum atomic E-state index is 0.293. The maximum atomic E-state index is 11.5. The third kappa shape index (κ3) is 4.06. The molecule has 3 rings (SSSR count). The van der Waals surface area contributed by atoms with Crippen LogP contribution in [0.25, 0.3) is 11.1 Å². The number of carbonyl (C=O) groups excluding carboxylic acids is 1. The fourth-order valence-corrected chi connectivity index (χ4v) is 4.08. The number of aryl methyl sites for hydroxylation is 1. The van der Waals surface area contributed by atoms with Crippen molar-refractivity contribution in [2.24, 2.45) is 0 Å². The number of ether oxygens (including phenoxy) is 1. The summed E-state index contributed by atoms with van der Waals surface area (Å²) in [7, 11) is 1.88. The standard InChI is InChI=1S/C24H25BrN2O2/c1-6-20-15(3)22(26-5)23(29-24-18(13-28)11-19(25)12-27-24)16(4)21(20)17-9-7-14(2)8-10-17/h7-13,26H,6H2,1-5H3. The van der Waals surface area contributed by atoms with Gasteiger partial charge in [0.1, 0.15) is 0 Å². The number of aldehydes is 1. The molecule has 0 radical (unpaired) electrons. The average molecular weight is 453 g/mol. The summed E-state index contributed by atoms with van der Waals surface area (Å²) >= 11 is 3.35. The largest absolute Gasteiger partial charge is 0.436 e. The number of nitrogens with one attached hydrogen (secondary N) is 1. The second kappa shape index (κ2) is 8.78. The Labute approximate surface area is 180 Å². The minimum Gasteiger partial charge on any atom is -0.436 e. The first-order valence-corrected chi connectivity index (χ1v) is 10.4. The molecule has 0 fully saturated rings. The molecular formula is C24H25BrN2O2. The van der Waals surface area contributed by atoms with Gasteiger partial charge in [0, 0.05) is 23.3 Å². The summed E-state index contributed by atoms with van der Waals surface area (Å²) in [6.45, 7) is 8.41. The Morgan fingerprint density at radius 3 is 2.41 bits per heavy atom. The smallest absolute Gasteiger partial charge is 0.229 e.